The number of benzene rings is 15. The highest BCUT2D eigenvalue weighted by atomic mass is 32.2. The Balaban J connectivity index is 0.860. The predicted molar refractivity (Wildman–Crippen MR) is 405 cm³/mol. The molecule has 0 saturated heterocycles. The Morgan fingerprint density at radius 3 is 1.42 bits per heavy atom. The summed E-state index contributed by atoms with van der Waals surface area (Å²) in [6, 6.07) is 70.4. The average molecular weight is 1260 g/mol. The lowest BCUT2D eigenvalue weighted by Gasteiger charge is -2.42. The normalized spacial score (nSPS) is 15.9. The monoisotopic (exact) mass is 1260 g/mol. The largest absolute Gasteiger partial charge is 0.456 e. The molecule has 5 heterocycles. The summed E-state index contributed by atoms with van der Waals surface area (Å²) < 4.78 is 161. The molecule has 0 bridgehead atoms. The van der Waals surface area contributed by atoms with Gasteiger partial charge in [-0.3, -0.25) is 0 Å². The Hall–Kier alpha value is -12.1. The molecule has 1 spiro atoms. The van der Waals surface area contributed by atoms with Crippen LogP contribution in [0.15, 0.2) is 341 Å². The second kappa shape index (κ2) is 20.0. The van der Waals surface area contributed by atoms with Crippen LogP contribution in [0.1, 0.15) is 44.2 Å². The number of fused-ring (bicyclic) bond motifs is 24. The van der Waals surface area contributed by atoms with E-state index in [4.69, 9.17) is 9.90 Å². The highest BCUT2D eigenvalue weighted by molar-refractivity contribution is 8.00. The van der Waals surface area contributed by atoms with E-state index in [2.05, 4.69) is 114 Å². The van der Waals surface area contributed by atoms with Crippen molar-refractivity contribution in [1.82, 2.24) is 9.13 Å². The van der Waals surface area contributed by atoms with Crippen LogP contribution in [0, 0.1) is 0 Å². The van der Waals surface area contributed by atoms with E-state index < -0.39 is 109 Å². The molecule has 15 aromatic carbocycles. The van der Waals surface area contributed by atoms with Crippen LogP contribution >= 0.6 is 11.8 Å². The molecule has 0 saturated carbocycles. The molecule has 3 aromatic heterocycles. The highest BCUT2D eigenvalue weighted by Gasteiger charge is 2.52. The van der Waals surface area contributed by atoms with Gasteiger partial charge < -0.3 is 18.5 Å². The van der Waals surface area contributed by atoms with Crippen LogP contribution in [0.5, 0.6) is 0 Å². The summed E-state index contributed by atoms with van der Waals surface area (Å²) >= 11 is 1.50. The zero-order valence-electron chi connectivity index (χ0n) is 67.2. The Morgan fingerprint density at radius 1 is 0.351 bits per heavy atom. The fraction of sp³-hybridized carbons (Fsp3) is 0.0110. The van der Waals surface area contributed by atoms with Gasteiger partial charge in [-0.05, 0) is 150 Å². The SMILES string of the molecule is [2H]c1c([2H])c([2H])c2c(c1[2H])c1c([2H])c([2H])c([2H])c([2H])c1n2-c1ccc2c(c1)N(c1c(-c3ccccc3)cccc1-c1ccccc1)c1cc(-n3c4c([2H])c([2H])c([2H])c([2H])c4c4c([2H])c([2H])c([2H])c([2H])c43)cc3c1B2c1ccc2oc4ccc(-c5ccc6c(c5)-c5ccccc5C65c6ccccc6-c6ccccc65)cc4c2c1S3. The summed E-state index contributed by atoms with van der Waals surface area (Å²) in [4.78, 5) is 3.64. The first-order valence-electron chi connectivity index (χ1n) is 40.3. The number of para-hydroxylation sites is 5. The first-order chi connectivity index (χ1) is 54.8. The molecule has 4 aliphatic rings. The smallest absolute Gasteiger partial charge is 0.249 e. The van der Waals surface area contributed by atoms with Crippen LogP contribution in [0.25, 0.3) is 133 Å². The van der Waals surface area contributed by atoms with Gasteiger partial charge in [-0.2, -0.15) is 0 Å². The van der Waals surface area contributed by atoms with Crippen molar-refractivity contribution in [2.75, 3.05) is 4.90 Å². The molecule has 0 radical (unpaired) electrons. The standard InChI is InChI=1S/C91H54BN3OS/c1-3-22-55(23-4-1)61-33-21-34-62(56-24-5-2-6-25-56)89(61)95-82-52-59(93-78-38-17-10-29-66(78)67-30-11-18-39-79(67)93)44-46-76(82)92-77-47-49-85-87(90(77)97-86-54-60(53-83(95)88(86)92)94-80-40-19-12-31-68(80)69-32-13-20-41-81(69)94)71-51-58(43-48-84(71)96-85)57-42-45-75-70(50-57)65-28-9-16-37-74(65)91(75)72-35-14-7-26-63(72)64-27-8-15-36-73(64)91/h1-54H/i10D,11D,12D,13D,17D,18D,19D,20D,29D,30D,31D,32D,38D,39D,40D,41D. The maximum Gasteiger partial charge on any atom is 0.249 e. The third-order valence-electron chi connectivity index (χ3n) is 20.7. The summed E-state index contributed by atoms with van der Waals surface area (Å²) in [5.74, 6) is 0. The Labute approximate surface area is 586 Å². The van der Waals surface area contributed by atoms with Gasteiger partial charge in [-0.1, -0.05) is 272 Å². The van der Waals surface area contributed by atoms with Gasteiger partial charge in [0.2, 0.25) is 6.71 Å². The Morgan fingerprint density at radius 2 is 0.825 bits per heavy atom. The highest BCUT2D eigenvalue weighted by Crippen LogP contribution is 2.63. The van der Waals surface area contributed by atoms with Crippen LogP contribution in [-0.2, 0) is 5.41 Å². The van der Waals surface area contributed by atoms with Crippen molar-refractivity contribution in [3.63, 3.8) is 0 Å². The molecule has 0 N–H and O–H groups in total. The van der Waals surface area contributed by atoms with Crippen LogP contribution in [0.3, 0.4) is 0 Å². The maximum atomic E-state index is 9.89. The second-order valence-corrected chi connectivity index (χ2v) is 26.4. The summed E-state index contributed by atoms with van der Waals surface area (Å²) in [5.41, 5.74) is 19.8. The molecule has 97 heavy (non-hydrogen) atoms. The summed E-state index contributed by atoms with van der Waals surface area (Å²) in [7, 11) is 0. The number of aromatic nitrogens is 2. The molecule has 0 atom stereocenters. The van der Waals surface area contributed by atoms with E-state index in [9.17, 15) is 16.4 Å². The van der Waals surface area contributed by atoms with Gasteiger partial charge in [0.1, 0.15) is 11.2 Å². The molecule has 448 valence electrons. The van der Waals surface area contributed by atoms with Gasteiger partial charge in [-0.25, -0.2) is 0 Å². The van der Waals surface area contributed by atoms with Crippen LogP contribution in [0.4, 0.5) is 17.1 Å². The minimum atomic E-state index is -0.692. The zero-order chi connectivity index (χ0) is 77.1. The van der Waals surface area contributed by atoms with Gasteiger partial charge in [-0.15, -0.1) is 0 Å². The number of nitrogens with zero attached hydrogens (tertiary/aromatic N) is 3. The molecule has 6 heteroatoms. The number of hydrogen-bond acceptors (Lipinski definition) is 3. The topological polar surface area (TPSA) is 26.2 Å². The van der Waals surface area contributed by atoms with Crippen molar-refractivity contribution in [1.29, 1.82) is 0 Å². The van der Waals surface area contributed by atoms with E-state index >= 15 is 0 Å². The average Bonchev–Trinajstić information content (AvgIpc) is 1.59. The second-order valence-electron chi connectivity index (χ2n) is 25.3. The van der Waals surface area contributed by atoms with Crippen LogP contribution in [0.2, 0.25) is 0 Å². The molecule has 4 nitrogen and oxygen atoms in total. The summed E-state index contributed by atoms with van der Waals surface area (Å²) in [6.45, 7) is -0.692. The van der Waals surface area contributed by atoms with Crippen molar-refractivity contribution < 1.29 is 26.3 Å². The molecule has 0 unspecified atom stereocenters. The summed E-state index contributed by atoms with van der Waals surface area (Å²) in [6.07, 6.45) is 0. The van der Waals surface area contributed by atoms with Crippen molar-refractivity contribution in [2.24, 2.45) is 0 Å². The van der Waals surface area contributed by atoms with Gasteiger partial charge in [0.15, 0.2) is 0 Å². The van der Waals surface area contributed by atoms with Gasteiger partial charge in [0.25, 0.3) is 0 Å². The molecule has 0 fully saturated rings. The van der Waals surface area contributed by atoms with Crippen molar-refractivity contribution in [2.45, 2.75) is 15.2 Å². The fourth-order valence-corrected chi connectivity index (χ4v) is 18.2. The molecular formula is C91H54BN3OS. The number of furan rings is 1. The first-order valence-corrected chi connectivity index (χ1v) is 33.1. The first kappa shape index (κ1) is 40.2. The minimum absolute atomic E-state index is 0.0765. The Kier molecular flexibility index (Phi) is 8.29. The van der Waals surface area contributed by atoms with Crippen molar-refractivity contribution in [3.8, 4) is 67.0 Å². The fourth-order valence-electron chi connectivity index (χ4n) is 16.8. The maximum absolute atomic E-state index is 9.89. The third-order valence-corrected chi connectivity index (χ3v) is 21.9. The van der Waals surface area contributed by atoms with Crippen molar-refractivity contribution in [3.05, 3.63) is 349 Å². The lowest BCUT2D eigenvalue weighted by molar-refractivity contribution is 0.668. The lowest BCUT2D eigenvalue weighted by Crippen LogP contribution is -2.60. The zero-order valence-corrected chi connectivity index (χ0v) is 52.0. The van der Waals surface area contributed by atoms with E-state index in [1.54, 1.807) is 4.57 Å². The molecular weight excluding hydrogens is 1190 g/mol. The third kappa shape index (κ3) is 7.24. The lowest BCUT2D eigenvalue weighted by atomic mass is 9.34. The number of anilines is 3. The molecule has 2 aliphatic heterocycles. The van der Waals surface area contributed by atoms with Gasteiger partial charge >= 0.3 is 0 Å². The van der Waals surface area contributed by atoms with E-state index in [0.29, 0.717) is 33.1 Å². The molecule has 2 aliphatic carbocycles. The molecule has 22 rings (SSSR count). The van der Waals surface area contributed by atoms with E-state index in [-0.39, 0.29) is 55.0 Å². The minimum Gasteiger partial charge on any atom is -0.456 e. The van der Waals surface area contributed by atoms with Gasteiger partial charge in [0, 0.05) is 76.0 Å². The van der Waals surface area contributed by atoms with E-state index in [0.717, 1.165) is 76.6 Å². The van der Waals surface area contributed by atoms with Crippen molar-refractivity contribution >= 4 is 117 Å². The Bertz CT molecular complexity index is 7210. The van der Waals surface area contributed by atoms with Gasteiger partial charge in [0.05, 0.1) is 55.1 Å². The summed E-state index contributed by atoms with van der Waals surface area (Å²) in [5, 5.41) is 1.25. The van der Waals surface area contributed by atoms with Crippen LogP contribution in [-0.4, -0.2) is 15.8 Å². The number of rotatable bonds is 6. The predicted octanol–water partition coefficient (Wildman–Crippen LogP) is 21.9. The van der Waals surface area contributed by atoms with Crippen LogP contribution < -0.4 is 21.3 Å². The van der Waals surface area contributed by atoms with E-state index in [1.807, 2.05) is 121 Å². The number of hydrogen-bond donors (Lipinski definition) is 0. The molecule has 0 amide bonds. The quantitative estimate of drug-likeness (QED) is 0.155. The van der Waals surface area contributed by atoms with E-state index in [1.165, 1.54) is 49.7 Å². The molecule has 18 aromatic rings.